The van der Waals surface area contributed by atoms with Crippen molar-refractivity contribution in [3.05, 3.63) is 136 Å². The van der Waals surface area contributed by atoms with Crippen LogP contribution in [0.2, 0.25) is 0 Å². The number of nitrogens with zero attached hydrogens (tertiary/aromatic N) is 3. The summed E-state index contributed by atoms with van der Waals surface area (Å²) in [5, 5.41) is 15.9. The molecule has 0 saturated heterocycles. The zero-order valence-electron chi connectivity index (χ0n) is 42.1. The number of ketones is 2. The molecule has 394 valence electrons. The number of imide groups is 2. The summed E-state index contributed by atoms with van der Waals surface area (Å²) in [5.41, 5.74) is 2.39. The first-order chi connectivity index (χ1) is 36.1. The Morgan fingerprint density at radius 2 is 1.15 bits per heavy atom. The molecule has 20 heteroatoms. The van der Waals surface area contributed by atoms with E-state index in [0.717, 1.165) is 33.1 Å². The number of urea groups is 2. The van der Waals surface area contributed by atoms with Gasteiger partial charge in [-0.15, -0.1) is 22.7 Å². The monoisotopic (exact) mass is 1070 g/mol. The lowest BCUT2D eigenvalue weighted by molar-refractivity contribution is -0.127. The fourth-order valence-electron chi connectivity index (χ4n) is 7.46. The van der Waals surface area contributed by atoms with E-state index in [1.54, 1.807) is 84.6 Å². The molecule has 0 bridgehead atoms. The molecule has 5 aromatic carbocycles. The van der Waals surface area contributed by atoms with E-state index in [0.29, 0.717) is 78.0 Å². The lowest BCUT2D eigenvalue weighted by Gasteiger charge is -2.27. The molecule has 0 atom stereocenters. The summed E-state index contributed by atoms with van der Waals surface area (Å²) in [5.74, 6) is -0.0462. The zero-order valence-corrected chi connectivity index (χ0v) is 43.7. The smallest absolute Gasteiger partial charge is 0.331 e. The summed E-state index contributed by atoms with van der Waals surface area (Å²) in [4.78, 5) is 80.6. The highest BCUT2D eigenvalue weighted by atomic mass is 32.1. The Morgan fingerprint density at radius 1 is 0.613 bits per heavy atom. The number of benzene rings is 5. The van der Waals surface area contributed by atoms with Crippen molar-refractivity contribution in [1.82, 2.24) is 9.80 Å². The van der Waals surface area contributed by atoms with Crippen molar-refractivity contribution in [1.29, 1.82) is 0 Å². The minimum Gasteiger partial charge on any atom is -0.497 e. The predicted molar refractivity (Wildman–Crippen MR) is 284 cm³/mol. The van der Waals surface area contributed by atoms with Crippen molar-refractivity contribution in [3.63, 3.8) is 0 Å². The normalized spacial score (nSPS) is 10.7. The van der Waals surface area contributed by atoms with Gasteiger partial charge in [-0.25, -0.2) is 18.4 Å². The van der Waals surface area contributed by atoms with Crippen molar-refractivity contribution < 1.29 is 66.3 Å². The molecule has 7 aromatic rings. The highest BCUT2D eigenvalue weighted by molar-refractivity contribution is 7.18. The summed E-state index contributed by atoms with van der Waals surface area (Å²) in [6, 6.07) is 24.7. The Labute approximate surface area is 439 Å². The molecular weight excluding hydrogens is 1010 g/mol. The van der Waals surface area contributed by atoms with Crippen molar-refractivity contribution in [3.8, 4) is 28.7 Å². The predicted octanol–water partition coefficient (Wildman–Crippen LogP) is 11.2. The van der Waals surface area contributed by atoms with E-state index in [4.69, 9.17) is 28.8 Å². The van der Waals surface area contributed by atoms with Gasteiger partial charge in [0, 0.05) is 72.4 Å². The van der Waals surface area contributed by atoms with E-state index < -0.39 is 23.9 Å². The van der Waals surface area contributed by atoms with Crippen LogP contribution < -0.4 is 33.9 Å². The Morgan fingerprint density at radius 3 is 1.69 bits per heavy atom. The van der Waals surface area contributed by atoms with Gasteiger partial charge in [-0.05, 0) is 72.6 Å². The highest BCUT2D eigenvalue weighted by Crippen LogP contribution is 2.37. The van der Waals surface area contributed by atoms with Crippen molar-refractivity contribution in [2.24, 2.45) is 0 Å². The molecule has 0 aliphatic rings. The van der Waals surface area contributed by atoms with E-state index >= 15 is 0 Å². The van der Waals surface area contributed by atoms with Crippen LogP contribution in [-0.2, 0) is 16.1 Å². The number of nitrogens with one attached hydrogen (secondary N) is 1. The van der Waals surface area contributed by atoms with Gasteiger partial charge in [-0.1, -0.05) is 43.3 Å². The molecule has 6 amide bonds. The second-order valence-electron chi connectivity index (χ2n) is 16.6. The van der Waals surface area contributed by atoms with Crippen LogP contribution in [0.5, 0.6) is 28.7 Å². The number of aliphatic hydroxyl groups excluding tert-OH is 1. The number of ether oxygens (including phenoxy) is 5. The van der Waals surface area contributed by atoms with Gasteiger partial charge in [-0.2, -0.15) is 0 Å². The maximum atomic E-state index is 14.5. The van der Waals surface area contributed by atoms with Gasteiger partial charge in [0.2, 0.25) is 11.8 Å². The van der Waals surface area contributed by atoms with Gasteiger partial charge in [0.25, 0.3) is 0 Å². The summed E-state index contributed by atoms with van der Waals surface area (Å²) in [6.45, 7) is 2.57. The topological polar surface area (TPSA) is 191 Å². The lowest BCUT2D eigenvalue weighted by Crippen LogP contribution is -2.44. The second-order valence-corrected chi connectivity index (χ2v) is 18.3. The molecule has 2 aromatic heterocycles. The maximum absolute atomic E-state index is 14.5. The van der Waals surface area contributed by atoms with Crippen LogP contribution in [0, 0.1) is 11.6 Å². The van der Waals surface area contributed by atoms with E-state index in [2.05, 4.69) is 5.32 Å². The highest BCUT2D eigenvalue weighted by Gasteiger charge is 2.28. The molecule has 7 rings (SSSR count). The minimum atomic E-state index is -0.677. The number of thiophene rings is 2. The van der Waals surface area contributed by atoms with Crippen LogP contribution in [0.25, 0.3) is 20.2 Å². The Hall–Kier alpha value is -7.94. The third kappa shape index (κ3) is 14.2. The quantitative estimate of drug-likeness (QED) is 0.0649. The molecule has 2 heterocycles. The van der Waals surface area contributed by atoms with Crippen molar-refractivity contribution in [2.45, 2.75) is 45.6 Å². The molecule has 0 fully saturated rings. The number of halogens is 2. The van der Waals surface area contributed by atoms with E-state index in [9.17, 15) is 37.5 Å². The molecule has 0 unspecified atom stereocenters. The Balaban J connectivity index is 0.000000251. The maximum Gasteiger partial charge on any atom is 0.331 e. The fraction of sp³-hybridized carbons (Fsp3) is 0.273. The van der Waals surface area contributed by atoms with Gasteiger partial charge < -0.3 is 34.1 Å². The molecule has 0 aliphatic carbocycles. The molecule has 75 heavy (non-hydrogen) atoms. The average Bonchev–Trinajstić information content (AvgIpc) is 4.07. The zero-order chi connectivity index (χ0) is 54.2. The molecule has 16 nitrogen and oxygen atoms in total. The molecule has 0 saturated carbocycles. The van der Waals surface area contributed by atoms with Crippen LogP contribution in [0.4, 0.5) is 29.7 Å². The molecule has 0 spiro atoms. The van der Waals surface area contributed by atoms with Crippen LogP contribution in [0.15, 0.2) is 108 Å². The summed E-state index contributed by atoms with van der Waals surface area (Å²) in [6.07, 6.45) is 0.276. The summed E-state index contributed by atoms with van der Waals surface area (Å²) in [7, 11) is 7.18. The first-order valence-corrected chi connectivity index (χ1v) is 25.3. The van der Waals surface area contributed by atoms with E-state index in [1.165, 1.54) is 62.8 Å². The van der Waals surface area contributed by atoms with Gasteiger partial charge in [0.05, 0.1) is 61.9 Å². The number of hydrogen-bond acceptors (Lipinski definition) is 14. The number of aliphatic hydroxyl groups is 1. The third-order valence-corrected chi connectivity index (χ3v) is 13.6. The van der Waals surface area contributed by atoms with Crippen molar-refractivity contribution in [2.75, 3.05) is 65.5 Å². The number of amides is 6. The molecule has 0 radical (unpaired) electrons. The number of methoxy groups -OCH3 is 3. The third-order valence-electron chi connectivity index (χ3n) is 11.6. The SMILES string of the molecule is CCCOc1ccc(C(=O)CCC(=O)N(C)C(=O)N(Cc2ccc(OC)cc2)c2csc3c(F)cccc23)cc1OC.COc1cc(C(=O)CCC(=O)N(C)C(=O)Nc2csc3c(F)cccc23)ccc1OCCO. The van der Waals surface area contributed by atoms with Crippen molar-refractivity contribution >= 4 is 89.7 Å². The Bertz CT molecular complexity index is 3160. The first kappa shape index (κ1) is 56.4. The lowest BCUT2D eigenvalue weighted by atomic mass is 10.1. The summed E-state index contributed by atoms with van der Waals surface area (Å²) >= 11 is 2.34. The molecular formula is C55H56F2N4O12S2. The fourth-order valence-corrected chi connectivity index (χ4v) is 9.33. The number of carbonyl (C=O) groups is 6. The van der Waals surface area contributed by atoms with E-state index in [1.807, 2.05) is 19.1 Å². The van der Waals surface area contributed by atoms with Crippen LogP contribution >= 0.6 is 22.7 Å². The average molecular weight is 1070 g/mol. The van der Waals surface area contributed by atoms with Gasteiger partial charge in [-0.3, -0.25) is 33.9 Å². The summed E-state index contributed by atoms with van der Waals surface area (Å²) < 4.78 is 55.9. The van der Waals surface area contributed by atoms with Crippen LogP contribution in [0.1, 0.15) is 65.3 Å². The van der Waals surface area contributed by atoms with Gasteiger partial charge in [0.15, 0.2) is 34.6 Å². The molecule has 2 N–H and O–H groups in total. The standard InChI is InChI=1S/C32H33FN2O6S.C23H23FN2O6S/c1-5-17-41-28-15-11-22(18-29(28)40-4)27(36)14-16-30(37)34(2)32(38)35(19-21-9-12-23(39-3)13-10-21)26-20-42-31-24(26)7-6-8-25(31)33;1-26(23(30)25-17-13-33-22-15(17)4-3-5-16(22)24)21(29)9-7-18(28)14-6-8-19(32-11-10-27)20(12-14)31-2/h6-13,15,18,20H,5,14,16-17,19H2,1-4H3;3-6,8,12-13,27H,7,9-11H2,1-2H3,(H,25,30). The second kappa shape index (κ2) is 26.8. The van der Waals surface area contributed by atoms with E-state index in [-0.39, 0.29) is 68.6 Å². The number of rotatable bonds is 21. The Kier molecular flexibility index (Phi) is 20.2. The number of fused-ring (bicyclic) bond motifs is 2. The number of Topliss-reactive ketones (excluding diaryl/α,β-unsaturated/α-hetero) is 2. The van der Waals surface area contributed by atoms with Crippen LogP contribution in [0.3, 0.4) is 0 Å². The first-order valence-electron chi connectivity index (χ1n) is 23.5. The van der Waals surface area contributed by atoms with Gasteiger partial charge >= 0.3 is 12.1 Å². The largest absolute Gasteiger partial charge is 0.497 e. The number of hydrogen-bond donors (Lipinski definition) is 2. The minimum absolute atomic E-state index is 0.0860. The van der Waals surface area contributed by atoms with Crippen LogP contribution in [-0.4, -0.2) is 106 Å². The number of carbonyl (C=O) groups excluding carboxylic acids is 6. The van der Waals surface area contributed by atoms with Gasteiger partial charge in [0.1, 0.15) is 24.0 Å². The molecule has 0 aliphatic heterocycles. The number of anilines is 2.